The summed E-state index contributed by atoms with van der Waals surface area (Å²) in [4.78, 5) is 21.8. The highest BCUT2D eigenvalue weighted by Gasteiger charge is 2.63. The van der Waals surface area contributed by atoms with E-state index in [4.69, 9.17) is 9.47 Å². The average Bonchev–Trinajstić information content (AvgIpc) is 3.79. The Labute approximate surface area is 257 Å². The molecular formula is C32H29F3N4O5S. The highest BCUT2D eigenvalue weighted by molar-refractivity contribution is 7.92. The lowest BCUT2D eigenvalue weighted by atomic mass is 10.00. The van der Waals surface area contributed by atoms with Crippen LogP contribution in [-0.4, -0.2) is 43.6 Å². The molecule has 2 heterocycles. The summed E-state index contributed by atoms with van der Waals surface area (Å²) < 4.78 is 80.9. The first kappa shape index (κ1) is 30.4. The molecule has 1 saturated carbocycles. The molecule has 0 radical (unpaired) electrons. The molecule has 3 aromatic carbocycles. The normalized spacial score (nSPS) is 18.6. The summed E-state index contributed by atoms with van der Waals surface area (Å²) in [5.74, 6) is -0.464. The fraction of sp³-hybridized carbons (Fsp3) is 0.281. The van der Waals surface area contributed by atoms with E-state index in [1.807, 2.05) is 32.0 Å². The van der Waals surface area contributed by atoms with E-state index in [0.29, 0.717) is 11.3 Å². The number of aromatic nitrogens is 2. The van der Waals surface area contributed by atoms with Crippen molar-refractivity contribution in [1.29, 1.82) is 0 Å². The van der Waals surface area contributed by atoms with Gasteiger partial charge in [0.1, 0.15) is 23.9 Å². The van der Waals surface area contributed by atoms with Crippen LogP contribution in [0.1, 0.15) is 46.0 Å². The molecule has 2 aliphatic rings. The molecule has 4 aromatic rings. The number of benzene rings is 3. The minimum atomic E-state index is -4.33. The van der Waals surface area contributed by atoms with Gasteiger partial charge in [0, 0.05) is 17.2 Å². The Morgan fingerprint density at radius 2 is 1.67 bits per heavy atom. The molecule has 0 saturated heterocycles. The largest absolute Gasteiger partial charge is 0.493 e. The van der Waals surface area contributed by atoms with E-state index < -0.39 is 40.2 Å². The fourth-order valence-corrected chi connectivity index (χ4v) is 6.17. The zero-order valence-corrected chi connectivity index (χ0v) is 25.1. The summed E-state index contributed by atoms with van der Waals surface area (Å²) in [6, 6.07) is 19.2. The van der Waals surface area contributed by atoms with E-state index in [9.17, 15) is 26.4 Å². The zero-order chi connectivity index (χ0) is 32.0. The van der Waals surface area contributed by atoms with Gasteiger partial charge in [0.05, 0.1) is 17.1 Å². The summed E-state index contributed by atoms with van der Waals surface area (Å²) in [7, 11) is -4.19. The van der Waals surface area contributed by atoms with Gasteiger partial charge in [-0.1, -0.05) is 36.4 Å². The third-order valence-electron chi connectivity index (χ3n) is 8.01. The average molecular weight is 639 g/mol. The summed E-state index contributed by atoms with van der Waals surface area (Å²) in [6.45, 7) is 3.30. The van der Waals surface area contributed by atoms with Gasteiger partial charge in [-0.25, -0.2) is 18.1 Å². The number of nitrogens with one attached hydrogen (secondary N) is 2. The predicted molar refractivity (Wildman–Crippen MR) is 160 cm³/mol. The second-order valence-corrected chi connectivity index (χ2v) is 12.9. The minimum Gasteiger partial charge on any atom is -0.493 e. The number of halogens is 3. The number of carbonyl (C=O) groups excluding carboxylic acids is 1. The molecule has 0 spiro atoms. The number of amides is 1. The Balaban J connectivity index is 1.37. The van der Waals surface area contributed by atoms with Crippen LogP contribution in [0.15, 0.2) is 77.7 Å². The topological polar surface area (TPSA) is 120 Å². The van der Waals surface area contributed by atoms with Crippen molar-refractivity contribution < 1.29 is 35.9 Å². The fourth-order valence-electron chi connectivity index (χ4n) is 5.18. The van der Waals surface area contributed by atoms with Crippen molar-refractivity contribution in [3.05, 3.63) is 95.1 Å². The van der Waals surface area contributed by atoms with Crippen molar-refractivity contribution in [2.24, 2.45) is 5.41 Å². The highest BCUT2D eigenvalue weighted by atomic mass is 32.2. The van der Waals surface area contributed by atoms with E-state index in [1.165, 1.54) is 24.3 Å². The van der Waals surface area contributed by atoms with Gasteiger partial charge >= 0.3 is 6.18 Å². The van der Waals surface area contributed by atoms with Crippen molar-refractivity contribution in [2.75, 3.05) is 17.9 Å². The monoisotopic (exact) mass is 638 g/mol. The maximum Gasteiger partial charge on any atom is 0.397 e. The molecule has 2 N–H and O–H groups in total. The number of nitrogens with zero attached hydrogens (tertiary/aromatic N) is 2. The molecule has 1 aliphatic carbocycles. The number of hydrogen-bond donors (Lipinski definition) is 2. The molecule has 1 atom stereocenters. The van der Waals surface area contributed by atoms with Crippen molar-refractivity contribution in [3.8, 4) is 22.9 Å². The lowest BCUT2D eigenvalue weighted by Crippen LogP contribution is -2.31. The van der Waals surface area contributed by atoms with Crippen LogP contribution in [0.5, 0.6) is 11.6 Å². The van der Waals surface area contributed by atoms with E-state index in [0.717, 1.165) is 16.7 Å². The second-order valence-electron chi connectivity index (χ2n) is 11.3. The van der Waals surface area contributed by atoms with Gasteiger partial charge in [-0.05, 0) is 73.7 Å². The van der Waals surface area contributed by atoms with E-state index in [2.05, 4.69) is 20.0 Å². The van der Waals surface area contributed by atoms with E-state index >= 15 is 0 Å². The number of fused-ring (bicyclic) bond motifs is 4. The SMILES string of the molecule is Cc1cccc(C)c1-c1cc2nc(n1)NS(=O)(=O)c1cccc(c1)C(=O)NCC(c1ccc(OCC3(C(F)(F)F)CC3)cc1)O2. The molecule has 1 amide bonds. The second kappa shape index (κ2) is 11.4. The number of alkyl halides is 3. The molecule has 9 nitrogen and oxygen atoms in total. The molecule has 1 aromatic heterocycles. The predicted octanol–water partition coefficient (Wildman–Crippen LogP) is 6.15. The van der Waals surface area contributed by atoms with Crippen LogP contribution >= 0.6 is 0 Å². The lowest BCUT2D eigenvalue weighted by Gasteiger charge is -2.22. The van der Waals surface area contributed by atoms with Crippen LogP contribution in [-0.2, 0) is 10.0 Å². The van der Waals surface area contributed by atoms with Crippen LogP contribution in [0, 0.1) is 19.3 Å². The van der Waals surface area contributed by atoms with Gasteiger partial charge in [-0.2, -0.15) is 18.2 Å². The molecular weight excluding hydrogens is 609 g/mol. The number of rotatable bonds is 5. The molecule has 1 unspecified atom stereocenters. The van der Waals surface area contributed by atoms with E-state index in [1.54, 1.807) is 30.3 Å². The summed E-state index contributed by atoms with van der Waals surface area (Å²) in [5.41, 5.74) is 1.87. The maximum atomic E-state index is 13.3. The first-order valence-electron chi connectivity index (χ1n) is 14.2. The third-order valence-corrected chi connectivity index (χ3v) is 9.33. The number of sulfonamides is 1. The lowest BCUT2D eigenvalue weighted by molar-refractivity contribution is -0.194. The van der Waals surface area contributed by atoms with Gasteiger partial charge in [-0.3, -0.25) is 4.79 Å². The Bertz CT molecular complexity index is 1860. The zero-order valence-electron chi connectivity index (χ0n) is 24.3. The van der Waals surface area contributed by atoms with Crippen molar-refractivity contribution in [3.63, 3.8) is 0 Å². The van der Waals surface area contributed by atoms with Gasteiger partial charge in [0.2, 0.25) is 11.8 Å². The summed E-state index contributed by atoms with van der Waals surface area (Å²) >= 11 is 0. The Morgan fingerprint density at radius 3 is 2.33 bits per heavy atom. The molecule has 6 rings (SSSR count). The van der Waals surface area contributed by atoms with Crippen molar-refractivity contribution >= 4 is 21.9 Å². The van der Waals surface area contributed by atoms with Gasteiger partial charge in [0.25, 0.3) is 15.9 Å². The molecule has 1 aliphatic heterocycles. The van der Waals surface area contributed by atoms with Gasteiger partial charge < -0.3 is 14.8 Å². The van der Waals surface area contributed by atoms with Crippen LogP contribution in [0.3, 0.4) is 0 Å². The summed E-state index contributed by atoms with van der Waals surface area (Å²) in [6.07, 6.45) is -5.09. The Morgan fingerprint density at radius 1 is 0.978 bits per heavy atom. The number of aryl methyl sites for hydroxylation is 2. The molecule has 234 valence electrons. The van der Waals surface area contributed by atoms with Crippen molar-refractivity contribution in [2.45, 2.75) is 43.9 Å². The number of hydrogen-bond acceptors (Lipinski definition) is 7. The van der Waals surface area contributed by atoms with Crippen LogP contribution in [0.25, 0.3) is 11.3 Å². The smallest absolute Gasteiger partial charge is 0.397 e. The summed E-state index contributed by atoms with van der Waals surface area (Å²) in [5, 5.41) is 2.78. The van der Waals surface area contributed by atoms with Gasteiger partial charge in [0.15, 0.2) is 0 Å². The van der Waals surface area contributed by atoms with Crippen LogP contribution in [0.2, 0.25) is 0 Å². The van der Waals surface area contributed by atoms with E-state index in [-0.39, 0.29) is 47.4 Å². The number of ether oxygens (including phenoxy) is 2. The first-order valence-corrected chi connectivity index (χ1v) is 15.6. The standard InChI is InChI=1S/C32H29F3N4O5S/c1-19-5-3-6-20(2)28(19)25-16-27-38-30(37-25)39-45(41,42)24-8-4-7-22(15-24)29(40)36-17-26(44-27)21-9-11-23(12-10-21)43-18-31(13-14-31)32(33,34)35/h3-12,15-16,26H,13-14,17-18H2,1-2H3,(H,36,40)(H,37,38,39). The van der Waals surface area contributed by atoms with Crippen LogP contribution in [0.4, 0.5) is 19.1 Å². The molecule has 45 heavy (non-hydrogen) atoms. The van der Waals surface area contributed by atoms with Crippen molar-refractivity contribution in [1.82, 2.24) is 15.3 Å². The van der Waals surface area contributed by atoms with Gasteiger partial charge in [-0.15, -0.1) is 0 Å². The molecule has 13 heteroatoms. The highest BCUT2D eigenvalue weighted by Crippen LogP contribution is 2.57. The number of anilines is 1. The third kappa shape index (κ3) is 6.30. The Kier molecular flexibility index (Phi) is 7.67. The Hall–Kier alpha value is -4.65. The number of carbonyl (C=O) groups is 1. The molecule has 4 bridgehead atoms. The minimum absolute atomic E-state index is 0.0340. The quantitative estimate of drug-likeness (QED) is 0.269. The van der Waals surface area contributed by atoms with Crippen LogP contribution < -0.4 is 19.5 Å². The molecule has 1 fully saturated rings. The maximum absolute atomic E-state index is 13.3. The first-order chi connectivity index (χ1) is 21.3.